The van der Waals surface area contributed by atoms with E-state index >= 15 is 0 Å². The largest absolute Gasteiger partial charge is 0.477 e. The first-order valence-electron chi connectivity index (χ1n) is 6.08. The van der Waals surface area contributed by atoms with Crippen molar-refractivity contribution in [1.29, 1.82) is 0 Å². The molecule has 3 rings (SSSR count). The molecule has 7 nitrogen and oxygen atoms in total. The van der Waals surface area contributed by atoms with Gasteiger partial charge in [0, 0.05) is 17.8 Å². The van der Waals surface area contributed by atoms with E-state index in [0.717, 1.165) is 29.2 Å². The zero-order chi connectivity index (χ0) is 15.9. The Kier molecular flexibility index (Phi) is 3.17. The molecule has 0 saturated carbocycles. The van der Waals surface area contributed by atoms with E-state index in [0.29, 0.717) is 0 Å². The Labute approximate surface area is 121 Å². The van der Waals surface area contributed by atoms with Gasteiger partial charge >= 0.3 is 5.97 Å². The Balaban J connectivity index is 2.18. The molecule has 3 aromatic rings. The van der Waals surface area contributed by atoms with Crippen molar-refractivity contribution in [1.82, 2.24) is 19.2 Å². The highest BCUT2D eigenvalue weighted by Gasteiger charge is 2.16. The average molecular weight is 306 g/mol. The van der Waals surface area contributed by atoms with Crippen molar-refractivity contribution in [2.24, 2.45) is 0 Å². The summed E-state index contributed by atoms with van der Waals surface area (Å²) < 4.78 is 28.7. The van der Waals surface area contributed by atoms with Gasteiger partial charge in [-0.15, -0.1) is 0 Å². The fourth-order valence-corrected chi connectivity index (χ4v) is 2.05. The maximum absolute atomic E-state index is 13.7. The monoisotopic (exact) mass is 306 g/mol. The second-order valence-corrected chi connectivity index (χ2v) is 4.49. The molecular weight excluding hydrogens is 298 g/mol. The van der Waals surface area contributed by atoms with Crippen LogP contribution in [0.3, 0.4) is 0 Å². The van der Waals surface area contributed by atoms with Crippen LogP contribution in [-0.2, 0) is 6.54 Å². The minimum absolute atomic E-state index is 0.0544. The number of carboxylic acids is 1. The zero-order valence-electron chi connectivity index (χ0n) is 10.9. The van der Waals surface area contributed by atoms with Gasteiger partial charge in [-0.05, 0) is 6.07 Å². The van der Waals surface area contributed by atoms with Gasteiger partial charge in [-0.25, -0.2) is 13.6 Å². The molecule has 0 unspecified atom stereocenters. The Morgan fingerprint density at radius 2 is 2.09 bits per heavy atom. The Morgan fingerprint density at radius 1 is 1.32 bits per heavy atom. The van der Waals surface area contributed by atoms with Gasteiger partial charge in [-0.2, -0.15) is 14.6 Å². The molecule has 1 N–H and O–H groups in total. The smallest absolute Gasteiger partial charge is 0.342 e. The highest BCUT2D eigenvalue weighted by molar-refractivity contribution is 5.86. The van der Waals surface area contributed by atoms with Gasteiger partial charge in [-0.3, -0.25) is 4.79 Å². The van der Waals surface area contributed by atoms with Crippen molar-refractivity contribution < 1.29 is 18.7 Å². The van der Waals surface area contributed by atoms with Gasteiger partial charge in [0.15, 0.2) is 0 Å². The van der Waals surface area contributed by atoms with Gasteiger partial charge in [-0.1, -0.05) is 6.07 Å². The molecule has 0 aliphatic heterocycles. The van der Waals surface area contributed by atoms with Crippen LogP contribution in [0.1, 0.15) is 15.9 Å². The number of carboxylic acid groups (broad SMARTS) is 1. The lowest BCUT2D eigenvalue weighted by Gasteiger charge is -2.09. The fraction of sp³-hybridized carbons (Fsp3) is 0.0769. The molecule has 0 saturated heterocycles. The molecule has 0 amide bonds. The summed E-state index contributed by atoms with van der Waals surface area (Å²) in [6.45, 7) is -0.130. The van der Waals surface area contributed by atoms with Gasteiger partial charge in [0.2, 0.25) is 5.78 Å². The third-order valence-corrected chi connectivity index (χ3v) is 3.08. The summed E-state index contributed by atoms with van der Waals surface area (Å²) in [4.78, 5) is 26.8. The maximum Gasteiger partial charge on any atom is 0.342 e. The molecule has 0 spiro atoms. The number of halogens is 2. The third kappa shape index (κ3) is 2.22. The van der Waals surface area contributed by atoms with Crippen molar-refractivity contribution in [3.8, 4) is 0 Å². The van der Waals surface area contributed by atoms with Gasteiger partial charge in [0.1, 0.15) is 23.5 Å². The summed E-state index contributed by atoms with van der Waals surface area (Å²) >= 11 is 0. The minimum Gasteiger partial charge on any atom is -0.477 e. The Morgan fingerprint density at radius 3 is 2.77 bits per heavy atom. The van der Waals surface area contributed by atoms with E-state index in [4.69, 9.17) is 5.11 Å². The molecule has 0 atom stereocenters. The van der Waals surface area contributed by atoms with Gasteiger partial charge in [0.05, 0.1) is 6.54 Å². The number of hydrogen-bond donors (Lipinski definition) is 1. The van der Waals surface area contributed by atoms with Crippen LogP contribution >= 0.6 is 0 Å². The summed E-state index contributed by atoms with van der Waals surface area (Å²) in [6, 6.07) is 3.03. The number of carbonyl (C=O) groups is 1. The molecule has 0 aliphatic carbocycles. The molecule has 22 heavy (non-hydrogen) atoms. The van der Waals surface area contributed by atoms with Crippen LogP contribution in [0.25, 0.3) is 5.78 Å². The lowest BCUT2D eigenvalue weighted by atomic mass is 10.2. The van der Waals surface area contributed by atoms with Gasteiger partial charge < -0.3 is 9.67 Å². The number of aromatic nitrogens is 4. The normalized spacial score (nSPS) is 11.0. The molecule has 9 heteroatoms. The van der Waals surface area contributed by atoms with Crippen molar-refractivity contribution in [2.75, 3.05) is 0 Å². The third-order valence-electron chi connectivity index (χ3n) is 3.08. The topological polar surface area (TPSA) is 89.5 Å². The quantitative estimate of drug-likeness (QED) is 0.777. The maximum atomic E-state index is 13.7. The van der Waals surface area contributed by atoms with E-state index in [9.17, 15) is 18.4 Å². The molecule has 1 aromatic carbocycles. The van der Waals surface area contributed by atoms with Crippen molar-refractivity contribution in [2.45, 2.75) is 6.54 Å². The highest BCUT2D eigenvalue weighted by atomic mass is 19.1. The van der Waals surface area contributed by atoms with E-state index in [1.165, 1.54) is 10.6 Å². The fourth-order valence-electron chi connectivity index (χ4n) is 2.05. The number of rotatable bonds is 3. The van der Waals surface area contributed by atoms with Crippen LogP contribution in [0.15, 0.2) is 35.5 Å². The highest BCUT2D eigenvalue weighted by Crippen LogP contribution is 2.12. The predicted octanol–water partition coefficient (Wildman–Crippen LogP) is 0.916. The molecule has 2 aromatic heterocycles. The summed E-state index contributed by atoms with van der Waals surface area (Å²) in [5, 5.41) is 12.7. The van der Waals surface area contributed by atoms with Crippen molar-refractivity contribution in [3.05, 3.63) is 63.8 Å². The van der Waals surface area contributed by atoms with Crippen LogP contribution in [0, 0.1) is 11.6 Å². The first-order chi connectivity index (χ1) is 10.5. The van der Waals surface area contributed by atoms with Gasteiger partial charge in [0.25, 0.3) is 5.56 Å². The lowest BCUT2D eigenvalue weighted by molar-refractivity contribution is 0.0693. The number of nitrogens with zero attached hydrogens (tertiary/aromatic N) is 4. The second kappa shape index (κ2) is 5.02. The molecular formula is C13H8F2N4O3. The SMILES string of the molecule is O=C(O)c1cn(Cc2ccc(F)cc2F)c2ncnn2c1=O. The van der Waals surface area contributed by atoms with Crippen LogP contribution in [0.5, 0.6) is 0 Å². The van der Waals surface area contributed by atoms with E-state index in [2.05, 4.69) is 10.1 Å². The Hall–Kier alpha value is -3.10. The van der Waals surface area contributed by atoms with E-state index < -0.39 is 28.7 Å². The molecule has 0 bridgehead atoms. The summed E-state index contributed by atoms with van der Waals surface area (Å²) in [6.07, 6.45) is 2.14. The summed E-state index contributed by atoms with van der Waals surface area (Å²) in [5.41, 5.74) is -1.25. The average Bonchev–Trinajstić information content (AvgIpc) is 2.94. The Bertz CT molecular complexity index is 948. The number of hydrogen-bond acceptors (Lipinski definition) is 4. The number of aromatic carboxylic acids is 1. The molecule has 2 heterocycles. The zero-order valence-corrected chi connectivity index (χ0v) is 10.9. The van der Waals surface area contributed by atoms with Crippen LogP contribution in [-0.4, -0.2) is 30.2 Å². The molecule has 0 radical (unpaired) electrons. The standard InChI is InChI=1S/C13H8F2N4O3/c14-8-2-1-7(10(15)3-8)4-18-5-9(12(21)22)11(20)19-13(18)16-6-17-19/h1-3,5-6H,4H2,(H,21,22). The lowest BCUT2D eigenvalue weighted by Crippen LogP contribution is -2.26. The minimum atomic E-state index is -1.43. The van der Waals surface area contributed by atoms with Crippen LogP contribution < -0.4 is 5.56 Å². The molecule has 0 aliphatic rings. The van der Waals surface area contributed by atoms with Crippen LogP contribution in [0.4, 0.5) is 8.78 Å². The summed E-state index contributed by atoms with van der Waals surface area (Å²) in [7, 11) is 0. The van der Waals surface area contributed by atoms with E-state index in [1.54, 1.807) is 0 Å². The van der Waals surface area contributed by atoms with Crippen LogP contribution in [0.2, 0.25) is 0 Å². The predicted molar refractivity (Wildman–Crippen MR) is 69.7 cm³/mol. The van der Waals surface area contributed by atoms with Crippen molar-refractivity contribution >= 4 is 11.7 Å². The number of fused-ring (bicyclic) bond motifs is 1. The van der Waals surface area contributed by atoms with E-state index in [-0.39, 0.29) is 17.9 Å². The summed E-state index contributed by atoms with van der Waals surface area (Å²) in [5.74, 6) is -2.89. The number of benzene rings is 1. The van der Waals surface area contributed by atoms with Crippen molar-refractivity contribution in [3.63, 3.8) is 0 Å². The molecule has 0 fully saturated rings. The first kappa shape index (κ1) is 13.9. The first-order valence-corrected chi connectivity index (χ1v) is 6.08. The molecule has 112 valence electrons. The van der Waals surface area contributed by atoms with E-state index in [1.807, 2.05) is 0 Å². The second-order valence-electron chi connectivity index (χ2n) is 4.49.